The lowest BCUT2D eigenvalue weighted by molar-refractivity contribution is -0.137. The van der Waals surface area contributed by atoms with Crippen LogP contribution in [0.3, 0.4) is 0 Å². The minimum absolute atomic E-state index is 0.157. The van der Waals surface area contributed by atoms with Crippen LogP contribution in [0.2, 0.25) is 0 Å². The lowest BCUT2D eigenvalue weighted by Gasteiger charge is -2.15. The van der Waals surface area contributed by atoms with Crippen LogP contribution < -0.4 is 15.4 Å². The molecule has 5 rings (SSSR count). The molecule has 3 aromatic carbocycles. The summed E-state index contributed by atoms with van der Waals surface area (Å²) in [6.07, 6.45) is 0.712. The highest BCUT2D eigenvalue weighted by molar-refractivity contribution is 6.05. The van der Waals surface area contributed by atoms with Gasteiger partial charge in [-0.25, -0.2) is 15.0 Å². The SMILES string of the molecule is C=CC(=O)Nc1cccc(-c2cc(-c3ccc(C(=O)Nc4cc(C(F)(F)F)ccn4)cc3OC)cc3cncnc23)c1. The summed E-state index contributed by atoms with van der Waals surface area (Å²) < 4.78 is 44.8. The Hall–Kier alpha value is -5.58. The average molecular weight is 570 g/mol. The van der Waals surface area contributed by atoms with Gasteiger partial charge in [0, 0.05) is 40.2 Å². The number of nitrogens with zero attached hydrogens (tertiary/aromatic N) is 3. The van der Waals surface area contributed by atoms with Crippen molar-refractivity contribution in [3.8, 4) is 28.0 Å². The number of aromatic nitrogens is 3. The molecular weight excluding hydrogens is 547 g/mol. The maximum Gasteiger partial charge on any atom is 0.416 e. The molecule has 42 heavy (non-hydrogen) atoms. The topological polar surface area (TPSA) is 106 Å². The molecule has 0 spiro atoms. The van der Waals surface area contributed by atoms with Gasteiger partial charge in [0.15, 0.2) is 0 Å². The van der Waals surface area contributed by atoms with Crippen LogP contribution in [-0.2, 0) is 11.0 Å². The van der Waals surface area contributed by atoms with E-state index in [4.69, 9.17) is 4.74 Å². The molecule has 5 aromatic rings. The van der Waals surface area contributed by atoms with Gasteiger partial charge in [0.05, 0.1) is 18.2 Å². The minimum Gasteiger partial charge on any atom is -0.496 e. The first kappa shape index (κ1) is 28.0. The number of hydrogen-bond acceptors (Lipinski definition) is 6. The van der Waals surface area contributed by atoms with Crippen molar-refractivity contribution in [3.63, 3.8) is 0 Å². The van der Waals surface area contributed by atoms with E-state index in [-0.39, 0.29) is 17.3 Å². The summed E-state index contributed by atoms with van der Waals surface area (Å²) in [6.45, 7) is 3.48. The number of alkyl halides is 3. The van der Waals surface area contributed by atoms with E-state index in [1.807, 2.05) is 24.3 Å². The lowest BCUT2D eigenvalue weighted by Crippen LogP contribution is -2.14. The van der Waals surface area contributed by atoms with E-state index in [1.54, 1.807) is 24.4 Å². The van der Waals surface area contributed by atoms with Crippen LogP contribution in [0.1, 0.15) is 15.9 Å². The van der Waals surface area contributed by atoms with Crippen molar-refractivity contribution in [2.24, 2.45) is 0 Å². The third kappa shape index (κ3) is 5.94. The van der Waals surface area contributed by atoms with Crippen LogP contribution in [0, 0.1) is 0 Å². The van der Waals surface area contributed by atoms with Crippen molar-refractivity contribution >= 4 is 34.2 Å². The number of fused-ring (bicyclic) bond motifs is 1. The molecule has 2 aromatic heterocycles. The van der Waals surface area contributed by atoms with Crippen LogP contribution in [0.25, 0.3) is 33.2 Å². The quantitative estimate of drug-likeness (QED) is 0.210. The molecule has 8 nitrogen and oxygen atoms in total. The van der Waals surface area contributed by atoms with Crippen molar-refractivity contribution in [1.82, 2.24) is 15.0 Å². The molecule has 0 aliphatic heterocycles. The van der Waals surface area contributed by atoms with Gasteiger partial charge in [-0.1, -0.05) is 18.7 Å². The number of benzene rings is 3. The Bertz CT molecular complexity index is 1840. The summed E-state index contributed by atoms with van der Waals surface area (Å²) >= 11 is 0. The van der Waals surface area contributed by atoms with Crippen LogP contribution >= 0.6 is 0 Å². The van der Waals surface area contributed by atoms with E-state index in [2.05, 4.69) is 32.2 Å². The van der Waals surface area contributed by atoms with Crippen LogP contribution in [-0.4, -0.2) is 33.9 Å². The van der Waals surface area contributed by atoms with E-state index in [9.17, 15) is 22.8 Å². The van der Waals surface area contributed by atoms with E-state index in [0.29, 0.717) is 22.5 Å². The van der Waals surface area contributed by atoms with Crippen molar-refractivity contribution in [3.05, 3.63) is 109 Å². The van der Waals surface area contributed by atoms with E-state index in [1.165, 1.54) is 31.6 Å². The smallest absolute Gasteiger partial charge is 0.416 e. The molecule has 210 valence electrons. The Labute approximate surface area is 237 Å². The number of halogens is 3. The molecule has 2 amide bonds. The van der Waals surface area contributed by atoms with Gasteiger partial charge in [-0.05, 0) is 71.8 Å². The summed E-state index contributed by atoms with van der Waals surface area (Å²) in [7, 11) is 1.45. The molecule has 0 unspecified atom stereocenters. The van der Waals surface area contributed by atoms with Crippen molar-refractivity contribution in [1.29, 1.82) is 0 Å². The highest BCUT2D eigenvalue weighted by Gasteiger charge is 2.31. The number of hydrogen-bond donors (Lipinski definition) is 2. The van der Waals surface area contributed by atoms with Crippen molar-refractivity contribution < 1.29 is 27.5 Å². The molecule has 11 heteroatoms. The van der Waals surface area contributed by atoms with Crippen molar-refractivity contribution in [2.75, 3.05) is 17.7 Å². The van der Waals surface area contributed by atoms with Gasteiger partial charge in [-0.15, -0.1) is 0 Å². The number of carbonyl (C=O) groups is 2. The second-order valence-corrected chi connectivity index (χ2v) is 9.06. The van der Waals surface area contributed by atoms with E-state index in [0.717, 1.165) is 40.4 Å². The number of nitrogens with one attached hydrogen (secondary N) is 2. The average Bonchev–Trinajstić information content (AvgIpc) is 3.00. The highest BCUT2D eigenvalue weighted by atomic mass is 19.4. The number of pyridine rings is 1. The number of rotatable bonds is 7. The Morgan fingerprint density at radius 2 is 1.76 bits per heavy atom. The molecule has 2 heterocycles. The third-order valence-corrected chi connectivity index (χ3v) is 6.34. The normalized spacial score (nSPS) is 11.1. The van der Waals surface area contributed by atoms with Gasteiger partial charge < -0.3 is 15.4 Å². The number of anilines is 2. The first-order valence-electron chi connectivity index (χ1n) is 12.5. The number of carbonyl (C=O) groups excluding carboxylic acids is 2. The molecule has 0 bridgehead atoms. The maximum absolute atomic E-state index is 13.1. The fourth-order valence-electron chi connectivity index (χ4n) is 4.37. The minimum atomic E-state index is -4.57. The zero-order valence-corrected chi connectivity index (χ0v) is 22.1. The fraction of sp³-hybridized carbons (Fsp3) is 0.0645. The first-order valence-corrected chi connectivity index (χ1v) is 12.5. The number of methoxy groups -OCH3 is 1. The van der Waals surface area contributed by atoms with Gasteiger partial charge in [0.1, 0.15) is 17.9 Å². The van der Waals surface area contributed by atoms with Crippen LogP contribution in [0.4, 0.5) is 24.7 Å². The summed E-state index contributed by atoms with van der Waals surface area (Å²) in [5.74, 6) is -0.874. The van der Waals surface area contributed by atoms with Gasteiger partial charge >= 0.3 is 6.18 Å². The third-order valence-electron chi connectivity index (χ3n) is 6.34. The van der Waals surface area contributed by atoms with Gasteiger partial charge in [0.2, 0.25) is 5.91 Å². The van der Waals surface area contributed by atoms with Crippen LogP contribution in [0.5, 0.6) is 5.75 Å². The molecule has 0 saturated heterocycles. The fourth-order valence-corrected chi connectivity index (χ4v) is 4.37. The van der Waals surface area contributed by atoms with Crippen molar-refractivity contribution in [2.45, 2.75) is 6.18 Å². The second-order valence-electron chi connectivity index (χ2n) is 9.06. The maximum atomic E-state index is 13.1. The van der Waals surface area contributed by atoms with Crippen LogP contribution in [0.15, 0.2) is 98.1 Å². The summed E-state index contributed by atoms with van der Waals surface area (Å²) in [6, 6.07) is 17.4. The Morgan fingerprint density at radius 1 is 0.929 bits per heavy atom. The molecule has 0 radical (unpaired) electrons. The molecule has 0 atom stereocenters. The standard InChI is InChI=1S/C31H22F3N5O3/c1-3-28(40)38-23-6-4-5-18(12-23)25-13-20(11-21-16-35-17-37-29(21)25)24-8-7-19(14-26(24)42-2)30(41)39-27-15-22(9-10-36-27)31(32,33)34/h3-17H,1H2,2H3,(H,38,40)(H,36,39,41). The largest absolute Gasteiger partial charge is 0.496 e. The highest BCUT2D eigenvalue weighted by Crippen LogP contribution is 2.38. The summed E-state index contributed by atoms with van der Waals surface area (Å²) in [4.78, 5) is 37.2. The molecular formula is C31H22F3N5O3. The predicted octanol–water partition coefficient (Wildman–Crippen LogP) is 6.76. The molecule has 0 aliphatic carbocycles. The summed E-state index contributed by atoms with van der Waals surface area (Å²) in [5, 5.41) is 5.89. The zero-order valence-electron chi connectivity index (χ0n) is 22.1. The second kappa shape index (κ2) is 11.5. The molecule has 2 N–H and O–H groups in total. The number of ether oxygens (including phenoxy) is 1. The van der Waals surface area contributed by atoms with E-state index < -0.39 is 17.6 Å². The zero-order chi connectivity index (χ0) is 29.9. The molecule has 0 aliphatic rings. The first-order chi connectivity index (χ1) is 20.2. The lowest BCUT2D eigenvalue weighted by atomic mass is 9.94. The molecule has 0 saturated carbocycles. The van der Waals surface area contributed by atoms with Gasteiger partial charge in [-0.2, -0.15) is 13.2 Å². The Balaban J connectivity index is 1.52. The predicted molar refractivity (Wildman–Crippen MR) is 153 cm³/mol. The summed E-state index contributed by atoms with van der Waals surface area (Å²) in [5.41, 5.74) is 3.42. The number of amides is 2. The molecule has 0 fully saturated rings. The Kier molecular flexibility index (Phi) is 7.65. The van der Waals surface area contributed by atoms with E-state index >= 15 is 0 Å². The Morgan fingerprint density at radius 3 is 2.52 bits per heavy atom. The monoisotopic (exact) mass is 569 g/mol. The van der Waals surface area contributed by atoms with Gasteiger partial charge in [-0.3, -0.25) is 9.59 Å². The van der Waals surface area contributed by atoms with Gasteiger partial charge in [0.25, 0.3) is 5.91 Å².